The second-order valence-corrected chi connectivity index (χ2v) is 8.79. The number of benzene rings is 2. The average molecular weight is 494 g/mol. The van der Waals surface area contributed by atoms with Crippen LogP contribution in [-0.2, 0) is 10.0 Å². The normalized spacial score (nSPS) is 13.5. The van der Waals surface area contributed by atoms with Crippen molar-refractivity contribution in [1.82, 2.24) is 9.97 Å². The second kappa shape index (κ2) is 9.49. The lowest BCUT2D eigenvalue weighted by Gasteiger charge is -2.23. The Kier molecular flexibility index (Phi) is 7.00. The summed E-state index contributed by atoms with van der Waals surface area (Å²) in [4.78, 5) is 8.52. The molecule has 6 N–H and O–H groups in total. The number of nitrogens with one attached hydrogen (secondary N) is 2. The first kappa shape index (κ1) is 22.1. The number of sulfonamides is 1. The predicted molar refractivity (Wildman–Crippen MR) is 117 cm³/mol. The quantitative estimate of drug-likeness (QED) is 0.320. The fourth-order valence-corrected chi connectivity index (χ4v) is 3.49. The number of anilines is 3. The molecule has 0 amide bonds. The number of aliphatic hydroxyl groups excluding tert-OH is 2. The number of halogens is 1. The van der Waals surface area contributed by atoms with Crippen LogP contribution in [0.1, 0.15) is 11.7 Å². The van der Waals surface area contributed by atoms with Gasteiger partial charge in [0, 0.05) is 11.9 Å². The van der Waals surface area contributed by atoms with E-state index in [1.54, 1.807) is 24.3 Å². The molecule has 0 radical (unpaired) electrons. The SMILES string of the molecule is NS(=O)(=O)c1ccc(Nc2ncc(Br)c(N[C@@H](CO)[C@@H](O)c3ccccc3)n2)cc1. The highest BCUT2D eigenvalue weighted by Gasteiger charge is 2.21. The molecule has 1 aromatic heterocycles. The lowest BCUT2D eigenvalue weighted by atomic mass is 10.0. The van der Waals surface area contributed by atoms with Crippen LogP contribution in [0.2, 0.25) is 0 Å². The number of hydrogen-bond donors (Lipinski definition) is 5. The standard InChI is InChI=1S/C19H20BrN5O4S/c20-15-10-22-19(23-13-6-8-14(9-7-13)30(21,28)29)25-18(15)24-16(11-26)17(27)12-4-2-1-3-5-12/h1-10,16-17,26-27H,11H2,(H2,21,28,29)(H2,22,23,24,25)/t16-,17-/m0/s1. The molecule has 0 bridgehead atoms. The number of nitrogens with zero attached hydrogens (tertiary/aromatic N) is 2. The zero-order chi connectivity index (χ0) is 21.7. The molecule has 0 saturated carbocycles. The van der Waals surface area contributed by atoms with E-state index in [0.29, 0.717) is 21.5 Å². The van der Waals surface area contributed by atoms with Crippen LogP contribution in [-0.4, -0.2) is 41.2 Å². The van der Waals surface area contributed by atoms with Crippen LogP contribution >= 0.6 is 15.9 Å². The maximum Gasteiger partial charge on any atom is 0.238 e. The smallest absolute Gasteiger partial charge is 0.238 e. The van der Waals surface area contributed by atoms with E-state index in [1.807, 2.05) is 6.07 Å². The molecule has 0 unspecified atom stereocenters. The topological polar surface area (TPSA) is 150 Å². The minimum atomic E-state index is -3.77. The molecule has 30 heavy (non-hydrogen) atoms. The molecule has 11 heteroatoms. The fraction of sp³-hybridized carbons (Fsp3) is 0.158. The number of aliphatic hydroxyl groups is 2. The Bertz CT molecular complexity index is 1100. The third-order valence-corrected chi connectivity index (χ3v) is 5.73. The van der Waals surface area contributed by atoms with Crippen molar-refractivity contribution in [2.24, 2.45) is 5.14 Å². The Hall–Kier alpha value is -2.57. The molecule has 1 heterocycles. The third-order valence-electron chi connectivity index (χ3n) is 4.22. The monoisotopic (exact) mass is 493 g/mol. The fourth-order valence-electron chi connectivity index (χ4n) is 2.67. The molecule has 2 aromatic carbocycles. The van der Waals surface area contributed by atoms with Gasteiger partial charge in [-0.05, 0) is 45.8 Å². The largest absolute Gasteiger partial charge is 0.394 e. The minimum Gasteiger partial charge on any atom is -0.394 e. The molecule has 0 saturated heterocycles. The number of rotatable bonds is 8. The van der Waals surface area contributed by atoms with Crippen molar-refractivity contribution >= 4 is 43.4 Å². The van der Waals surface area contributed by atoms with Crippen molar-refractivity contribution in [1.29, 1.82) is 0 Å². The van der Waals surface area contributed by atoms with Gasteiger partial charge in [-0.1, -0.05) is 30.3 Å². The summed E-state index contributed by atoms with van der Waals surface area (Å²) in [7, 11) is -3.77. The maximum atomic E-state index is 11.4. The van der Waals surface area contributed by atoms with E-state index < -0.39 is 22.2 Å². The lowest BCUT2D eigenvalue weighted by molar-refractivity contribution is 0.118. The summed E-state index contributed by atoms with van der Waals surface area (Å²) in [5.41, 5.74) is 1.21. The van der Waals surface area contributed by atoms with E-state index in [2.05, 4.69) is 36.5 Å². The highest BCUT2D eigenvalue weighted by Crippen LogP contribution is 2.26. The van der Waals surface area contributed by atoms with Crippen molar-refractivity contribution in [3.63, 3.8) is 0 Å². The van der Waals surface area contributed by atoms with Crippen LogP contribution in [0.4, 0.5) is 17.5 Å². The van der Waals surface area contributed by atoms with Gasteiger partial charge in [-0.3, -0.25) is 0 Å². The molecule has 0 spiro atoms. The van der Waals surface area contributed by atoms with Gasteiger partial charge < -0.3 is 20.8 Å². The van der Waals surface area contributed by atoms with Crippen LogP contribution < -0.4 is 15.8 Å². The zero-order valence-corrected chi connectivity index (χ0v) is 18.0. The number of primary sulfonamides is 1. The Morgan fingerprint density at radius 1 is 1.10 bits per heavy atom. The number of aromatic nitrogens is 2. The summed E-state index contributed by atoms with van der Waals surface area (Å²) in [6.45, 7) is -0.329. The van der Waals surface area contributed by atoms with Crippen molar-refractivity contribution in [3.8, 4) is 0 Å². The second-order valence-electron chi connectivity index (χ2n) is 6.37. The van der Waals surface area contributed by atoms with E-state index in [9.17, 15) is 18.6 Å². The van der Waals surface area contributed by atoms with Gasteiger partial charge in [-0.15, -0.1) is 0 Å². The summed E-state index contributed by atoms with van der Waals surface area (Å²) in [5.74, 6) is 0.595. The van der Waals surface area contributed by atoms with Crippen molar-refractivity contribution < 1.29 is 18.6 Å². The first-order valence-electron chi connectivity index (χ1n) is 8.81. The van der Waals surface area contributed by atoms with Crippen LogP contribution in [0.3, 0.4) is 0 Å². The summed E-state index contributed by atoms with van der Waals surface area (Å²) in [5, 5.41) is 31.4. The van der Waals surface area contributed by atoms with Crippen LogP contribution in [0, 0.1) is 0 Å². The molecule has 158 valence electrons. The maximum absolute atomic E-state index is 11.4. The Morgan fingerprint density at radius 3 is 2.37 bits per heavy atom. The van der Waals surface area contributed by atoms with Crippen molar-refractivity contribution in [2.75, 3.05) is 17.2 Å². The van der Waals surface area contributed by atoms with E-state index >= 15 is 0 Å². The summed E-state index contributed by atoms with van der Waals surface area (Å²) >= 11 is 3.35. The van der Waals surface area contributed by atoms with Gasteiger partial charge >= 0.3 is 0 Å². The summed E-state index contributed by atoms with van der Waals surface area (Å²) in [6.07, 6.45) is 0.555. The average Bonchev–Trinajstić information content (AvgIpc) is 2.74. The predicted octanol–water partition coefficient (Wildman–Crippen LogP) is 2.14. The summed E-state index contributed by atoms with van der Waals surface area (Å²) in [6, 6.07) is 14.1. The number of hydrogen-bond acceptors (Lipinski definition) is 8. The van der Waals surface area contributed by atoms with Gasteiger partial charge in [0.15, 0.2) is 0 Å². The van der Waals surface area contributed by atoms with Gasteiger partial charge in [-0.2, -0.15) is 4.98 Å². The van der Waals surface area contributed by atoms with Gasteiger partial charge in [-0.25, -0.2) is 18.5 Å². The van der Waals surface area contributed by atoms with Crippen molar-refractivity contribution in [3.05, 3.63) is 70.8 Å². The molecule has 0 aliphatic carbocycles. The van der Waals surface area contributed by atoms with E-state index in [1.165, 1.54) is 30.5 Å². The highest BCUT2D eigenvalue weighted by molar-refractivity contribution is 9.10. The first-order chi connectivity index (χ1) is 14.3. The molecule has 0 fully saturated rings. The molecule has 9 nitrogen and oxygen atoms in total. The van der Waals surface area contributed by atoms with Gasteiger partial charge in [0.1, 0.15) is 11.9 Å². The van der Waals surface area contributed by atoms with Crippen LogP contribution in [0.15, 0.2) is 70.2 Å². The first-order valence-corrected chi connectivity index (χ1v) is 11.1. The molecular formula is C19H20BrN5O4S. The van der Waals surface area contributed by atoms with Crippen LogP contribution in [0.5, 0.6) is 0 Å². The van der Waals surface area contributed by atoms with Crippen molar-refractivity contribution in [2.45, 2.75) is 17.0 Å². The third kappa shape index (κ3) is 5.52. The number of nitrogens with two attached hydrogens (primary N) is 1. The van der Waals surface area contributed by atoms with E-state index in [4.69, 9.17) is 5.14 Å². The lowest BCUT2D eigenvalue weighted by Crippen LogP contribution is -2.31. The zero-order valence-electron chi connectivity index (χ0n) is 15.6. The van der Waals surface area contributed by atoms with Gasteiger partial charge in [0.2, 0.25) is 16.0 Å². The van der Waals surface area contributed by atoms with Gasteiger partial charge in [0.25, 0.3) is 0 Å². The summed E-state index contributed by atoms with van der Waals surface area (Å²) < 4.78 is 23.2. The molecule has 3 aromatic rings. The molecule has 3 rings (SSSR count). The Labute approximate surface area is 182 Å². The highest BCUT2D eigenvalue weighted by atomic mass is 79.9. The van der Waals surface area contributed by atoms with Crippen LogP contribution in [0.25, 0.3) is 0 Å². The Morgan fingerprint density at radius 2 is 1.77 bits per heavy atom. The van der Waals surface area contributed by atoms with E-state index in [0.717, 1.165) is 0 Å². The van der Waals surface area contributed by atoms with Gasteiger partial charge in [0.05, 0.1) is 22.0 Å². The molecular weight excluding hydrogens is 474 g/mol. The molecule has 0 aliphatic rings. The molecule has 2 atom stereocenters. The minimum absolute atomic E-state index is 0.00665. The molecule has 0 aliphatic heterocycles. The van der Waals surface area contributed by atoms with E-state index in [-0.39, 0.29) is 17.5 Å². The Balaban J connectivity index is 1.77.